The largest absolute Gasteiger partial charge is 0.309 e. The molecular formula is C42H28N4S2. The molecule has 4 nitrogen and oxygen atoms in total. The lowest BCUT2D eigenvalue weighted by molar-refractivity contribution is 0.659. The molecule has 0 saturated heterocycles. The first-order valence-corrected chi connectivity index (χ1v) is 17.7. The highest BCUT2D eigenvalue weighted by atomic mass is 32.2. The van der Waals surface area contributed by atoms with Crippen molar-refractivity contribution in [3.8, 4) is 39.6 Å². The van der Waals surface area contributed by atoms with E-state index in [4.69, 9.17) is 9.97 Å². The Morgan fingerprint density at radius 3 is 2.23 bits per heavy atom. The minimum absolute atomic E-state index is 0.0381. The molecule has 0 spiro atoms. The third-order valence-corrected chi connectivity index (χ3v) is 12.5. The Kier molecular flexibility index (Phi) is 6.05. The molecule has 2 aliphatic rings. The molecule has 0 fully saturated rings. The van der Waals surface area contributed by atoms with E-state index >= 15 is 0 Å². The van der Waals surface area contributed by atoms with Gasteiger partial charge in [-0.15, -0.1) is 0 Å². The molecule has 228 valence electrons. The van der Waals surface area contributed by atoms with Crippen LogP contribution in [-0.4, -0.2) is 19.5 Å². The molecule has 1 aliphatic heterocycles. The average Bonchev–Trinajstić information content (AvgIpc) is 3.59. The number of benzene rings is 6. The molecule has 1 aliphatic carbocycles. The maximum absolute atomic E-state index is 5.11. The quantitative estimate of drug-likeness (QED) is 0.190. The van der Waals surface area contributed by atoms with Crippen LogP contribution >= 0.6 is 23.5 Å². The highest BCUT2D eigenvalue weighted by Gasteiger charge is 2.38. The van der Waals surface area contributed by atoms with Crippen LogP contribution in [0.15, 0.2) is 153 Å². The highest BCUT2D eigenvalue weighted by molar-refractivity contribution is 8.05. The van der Waals surface area contributed by atoms with Gasteiger partial charge in [-0.1, -0.05) is 110 Å². The summed E-state index contributed by atoms with van der Waals surface area (Å²) in [5.74, 6) is 1.36. The van der Waals surface area contributed by atoms with E-state index in [-0.39, 0.29) is 5.41 Å². The molecule has 0 saturated carbocycles. The van der Waals surface area contributed by atoms with Gasteiger partial charge in [-0.05, 0) is 71.3 Å². The normalized spacial score (nSPS) is 14.0. The SMILES string of the molecule is CC1(C)c2ccccc2-c2c1ccc1c2Sc2c(cccc2-c2ncnc(-c3ccc4c(c3)c3ccccc3n4-c3ccccc3)n2)S1. The zero-order chi connectivity index (χ0) is 32.0. The van der Waals surface area contributed by atoms with Crippen molar-refractivity contribution in [3.05, 3.63) is 145 Å². The van der Waals surface area contributed by atoms with Crippen LogP contribution in [0, 0.1) is 0 Å². The Hall–Kier alpha value is -5.17. The van der Waals surface area contributed by atoms with Gasteiger partial charge in [-0.3, -0.25) is 0 Å². The number of fused-ring (bicyclic) bond motifs is 9. The number of rotatable bonds is 3. The Balaban J connectivity index is 1.08. The van der Waals surface area contributed by atoms with Gasteiger partial charge in [0.2, 0.25) is 0 Å². The zero-order valence-electron chi connectivity index (χ0n) is 26.3. The van der Waals surface area contributed by atoms with Gasteiger partial charge in [0, 0.05) is 58.1 Å². The van der Waals surface area contributed by atoms with Gasteiger partial charge >= 0.3 is 0 Å². The molecule has 0 atom stereocenters. The van der Waals surface area contributed by atoms with Gasteiger partial charge in [0.1, 0.15) is 6.33 Å². The van der Waals surface area contributed by atoms with Gasteiger partial charge in [0.15, 0.2) is 11.6 Å². The van der Waals surface area contributed by atoms with Crippen LogP contribution in [0.4, 0.5) is 0 Å². The Bertz CT molecular complexity index is 2600. The standard InChI is InChI=1S/C42H28N4S2/c1-42(2)31-16-8-6-14-28(31)37-32(42)20-22-36-39(37)48-38-29(15-10-18-35(38)47-36)41-44-24-43-40(45-41)25-19-21-34-30(23-25)27-13-7-9-17-33(27)46(34)26-11-4-3-5-12-26/h3-24H,1-2H3. The van der Waals surface area contributed by atoms with E-state index in [0.717, 1.165) is 22.3 Å². The summed E-state index contributed by atoms with van der Waals surface area (Å²) in [5.41, 5.74) is 10.9. The van der Waals surface area contributed by atoms with Gasteiger partial charge in [0.25, 0.3) is 0 Å². The summed E-state index contributed by atoms with van der Waals surface area (Å²) < 4.78 is 2.33. The maximum Gasteiger partial charge on any atom is 0.164 e. The van der Waals surface area contributed by atoms with E-state index in [1.165, 1.54) is 58.1 Å². The van der Waals surface area contributed by atoms with Crippen molar-refractivity contribution in [1.82, 2.24) is 19.5 Å². The van der Waals surface area contributed by atoms with Crippen LogP contribution in [0.1, 0.15) is 25.0 Å². The van der Waals surface area contributed by atoms with Gasteiger partial charge < -0.3 is 4.57 Å². The Morgan fingerprint density at radius 1 is 0.562 bits per heavy atom. The summed E-state index contributed by atoms with van der Waals surface area (Å²) >= 11 is 3.70. The topological polar surface area (TPSA) is 43.6 Å². The summed E-state index contributed by atoms with van der Waals surface area (Å²) in [6.07, 6.45) is 1.65. The van der Waals surface area contributed by atoms with Crippen molar-refractivity contribution in [2.45, 2.75) is 38.8 Å². The molecule has 0 radical (unpaired) electrons. The average molecular weight is 653 g/mol. The third kappa shape index (κ3) is 4.03. The van der Waals surface area contributed by atoms with Crippen molar-refractivity contribution in [2.75, 3.05) is 0 Å². The third-order valence-electron chi connectivity index (χ3n) is 9.83. The molecular weight excluding hydrogens is 625 g/mol. The van der Waals surface area contributed by atoms with Crippen molar-refractivity contribution < 1.29 is 0 Å². The smallest absolute Gasteiger partial charge is 0.164 e. The second kappa shape index (κ2) is 10.4. The summed E-state index contributed by atoms with van der Waals surface area (Å²) in [5, 5.41) is 2.38. The fourth-order valence-corrected chi connectivity index (χ4v) is 10.1. The Labute approximate surface area is 286 Å². The number of hydrogen-bond acceptors (Lipinski definition) is 5. The predicted octanol–water partition coefficient (Wildman–Crippen LogP) is 11.2. The minimum Gasteiger partial charge on any atom is -0.309 e. The predicted molar refractivity (Wildman–Crippen MR) is 197 cm³/mol. The van der Waals surface area contributed by atoms with Crippen molar-refractivity contribution >= 4 is 45.3 Å². The molecule has 48 heavy (non-hydrogen) atoms. The van der Waals surface area contributed by atoms with E-state index in [1.54, 1.807) is 6.33 Å². The summed E-state index contributed by atoms with van der Waals surface area (Å²) in [4.78, 5) is 19.6. The number of hydrogen-bond donors (Lipinski definition) is 0. The molecule has 0 N–H and O–H groups in total. The molecule has 10 rings (SSSR count). The number of para-hydroxylation sites is 2. The minimum atomic E-state index is -0.0381. The van der Waals surface area contributed by atoms with Gasteiger partial charge in [0.05, 0.1) is 11.0 Å². The van der Waals surface area contributed by atoms with E-state index in [0.29, 0.717) is 11.6 Å². The molecule has 6 heteroatoms. The maximum atomic E-state index is 5.11. The van der Waals surface area contributed by atoms with Crippen LogP contribution in [0.2, 0.25) is 0 Å². The molecule has 0 amide bonds. The van der Waals surface area contributed by atoms with Crippen molar-refractivity contribution in [1.29, 1.82) is 0 Å². The van der Waals surface area contributed by atoms with E-state index < -0.39 is 0 Å². The lowest BCUT2D eigenvalue weighted by Gasteiger charge is -2.25. The van der Waals surface area contributed by atoms with Crippen molar-refractivity contribution in [3.63, 3.8) is 0 Å². The second-order valence-electron chi connectivity index (χ2n) is 12.9. The lowest BCUT2D eigenvalue weighted by Crippen LogP contribution is -2.14. The Morgan fingerprint density at radius 2 is 1.31 bits per heavy atom. The van der Waals surface area contributed by atoms with Crippen LogP contribution < -0.4 is 0 Å². The molecule has 0 unspecified atom stereocenters. The summed E-state index contributed by atoms with van der Waals surface area (Å²) in [6.45, 7) is 4.68. The highest BCUT2D eigenvalue weighted by Crippen LogP contribution is 2.59. The van der Waals surface area contributed by atoms with E-state index in [9.17, 15) is 0 Å². The first-order chi connectivity index (χ1) is 23.6. The number of aromatic nitrogens is 4. The number of nitrogens with zero attached hydrogens (tertiary/aromatic N) is 4. The van der Waals surface area contributed by atoms with Crippen LogP contribution in [0.5, 0.6) is 0 Å². The van der Waals surface area contributed by atoms with Crippen LogP contribution in [0.25, 0.3) is 61.4 Å². The van der Waals surface area contributed by atoms with Crippen LogP contribution in [0.3, 0.4) is 0 Å². The molecule has 0 bridgehead atoms. The first-order valence-electron chi connectivity index (χ1n) is 16.1. The summed E-state index contributed by atoms with van der Waals surface area (Å²) in [6, 6.07) is 45.7. The van der Waals surface area contributed by atoms with Gasteiger partial charge in [-0.25, -0.2) is 15.0 Å². The summed E-state index contributed by atoms with van der Waals surface area (Å²) in [7, 11) is 0. The fourth-order valence-electron chi connectivity index (χ4n) is 7.56. The monoisotopic (exact) mass is 652 g/mol. The van der Waals surface area contributed by atoms with Crippen LogP contribution in [-0.2, 0) is 5.41 Å². The molecule has 6 aromatic carbocycles. The lowest BCUT2D eigenvalue weighted by atomic mass is 9.82. The zero-order valence-corrected chi connectivity index (χ0v) is 27.9. The fraction of sp³-hybridized carbons (Fsp3) is 0.0714. The second-order valence-corrected chi connectivity index (χ2v) is 15.0. The van der Waals surface area contributed by atoms with E-state index in [1.807, 2.05) is 23.5 Å². The van der Waals surface area contributed by atoms with Crippen molar-refractivity contribution in [2.24, 2.45) is 0 Å². The van der Waals surface area contributed by atoms with Gasteiger partial charge in [-0.2, -0.15) is 0 Å². The molecule has 8 aromatic rings. The molecule has 2 aromatic heterocycles. The first kappa shape index (κ1) is 27.9. The molecule has 3 heterocycles. The van der Waals surface area contributed by atoms with E-state index in [2.05, 4.69) is 151 Å².